The van der Waals surface area contributed by atoms with Crippen LogP contribution >= 0.6 is 0 Å². The summed E-state index contributed by atoms with van der Waals surface area (Å²) in [6.45, 7) is 1.20. The number of fused-ring (bicyclic) bond motifs is 1. The molecular weight excluding hydrogens is 496 g/mol. The van der Waals surface area contributed by atoms with Crippen LogP contribution in [0.5, 0.6) is 0 Å². The van der Waals surface area contributed by atoms with E-state index in [-0.39, 0.29) is 17.3 Å². The number of para-hydroxylation sites is 1. The maximum absolute atomic E-state index is 13.4. The van der Waals surface area contributed by atoms with Crippen molar-refractivity contribution >= 4 is 37.0 Å². The number of nitrogens with zero attached hydrogens (tertiary/aromatic N) is 4. The molecule has 0 saturated carbocycles. The summed E-state index contributed by atoms with van der Waals surface area (Å²) < 4.78 is 55.2. The van der Waals surface area contributed by atoms with Gasteiger partial charge >= 0.3 is 0 Å². The summed E-state index contributed by atoms with van der Waals surface area (Å²) in [6, 6.07) is 7.43. The average molecular weight is 519 g/mol. The minimum absolute atomic E-state index is 0.0825. The summed E-state index contributed by atoms with van der Waals surface area (Å²) in [7, 11) is -8.89. The average Bonchev–Trinajstić information content (AvgIpc) is 3.46. The van der Waals surface area contributed by atoms with E-state index < -0.39 is 35.9 Å². The van der Waals surface area contributed by atoms with Crippen molar-refractivity contribution in [1.29, 1.82) is 0 Å². The van der Waals surface area contributed by atoms with E-state index in [9.17, 15) is 16.8 Å². The molecule has 0 bridgehead atoms. The molecular formula is C19H22N10O4S2. The van der Waals surface area contributed by atoms with Crippen molar-refractivity contribution < 1.29 is 16.8 Å². The number of nitrogens with one attached hydrogen (secondary N) is 4. The minimum atomic E-state index is -4.60. The Balaban J connectivity index is 1.79. The number of aromatic nitrogens is 6. The quantitative estimate of drug-likeness (QED) is 0.195. The number of tetrazole rings is 1. The first-order valence-electron chi connectivity index (χ1n) is 10.6. The lowest BCUT2D eigenvalue weighted by atomic mass is 9.98. The number of H-pyrrole nitrogens is 2. The molecule has 1 aliphatic rings. The molecule has 184 valence electrons. The van der Waals surface area contributed by atoms with E-state index in [1.54, 1.807) is 18.2 Å². The van der Waals surface area contributed by atoms with E-state index in [0.29, 0.717) is 35.1 Å². The molecule has 1 aliphatic heterocycles. The number of aromatic amines is 2. The fourth-order valence-electron chi connectivity index (χ4n) is 4.29. The Kier molecular flexibility index (Phi) is 5.76. The lowest BCUT2D eigenvalue weighted by Crippen LogP contribution is -2.45. The zero-order chi connectivity index (χ0) is 24.8. The summed E-state index contributed by atoms with van der Waals surface area (Å²) in [4.78, 5) is 6.07. The van der Waals surface area contributed by atoms with Crippen molar-refractivity contribution in [3.05, 3.63) is 30.3 Å². The van der Waals surface area contributed by atoms with Crippen LogP contribution < -0.4 is 20.9 Å². The van der Waals surface area contributed by atoms with Gasteiger partial charge in [-0.15, -0.1) is 5.10 Å². The number of anilines is 1. The highest BCUT2D eigenvalue weighted by atomic mass is 32.2. The van der Waals surface area contributed by atoms with Gasteiger partial charge in [0, 0.05) is 18.2 Å². The van der Waals surface area contributed by atoms with Gasteiger partial charge in [-0.25, -0.2) is 36.8 Å². The van der Waals surface area contributed by atoms with Crippen LogP contribution in [0.4, 0.5) is 5.95 Å². The summed E-state index contributed by atoms with van der Waals surface area (Å²) in [5.41, 5.74) is 7.54. The molecule has 4 aromatic rings. The Hall–Kier alpha value is -3.44. The number of benzene rings is 2. The van der Waals surface area contributed by atoms with Crippen LogP contribution in [-0.4, -0.2) is 66.6 Å². The van der Waals surface area contributed by atoms with E-state index in [0.717, 1.165) is 13.0 Å². The summed E-state index contributed by atoms with van der Waals surface area (Å²) in [5.74, 6) is 0.0763. The van der Waals surface area contributed by atoms with Crippen molar-refractivity contribution in [2.24, 2.45) is 5.14 Å². The summed E-state index contributed by atoms with van der Waals surface area (Å²) in [6.07, 6.45) is 1.39. The third-order valence-electron chi connectivity index (χ3n) is 5.72. The molecule has 8 N–H and O–H groups in total. The van der Waals surface area contributed by atoms with Crippen LogP contribution in [-0.2, 0) is 20.0 Å². The van der Waals surface area contributed by atoms with E-state index >= 15 is 0 Å². The second kappa shape index (κ2) is 8.65. The lowest BCUT2D eigenvalue weighted by Gasteiger charge is -2.24. The third-order valence-corrected chi connectivity index (χ3v) is 8.40. The Bertz CT molecular complexity index is 1610. The largest absolute Gasteiger partial charge is 0.369 e. The molecule has 0 spiro atoms. The van der Waals surface area contributed by atoms with Gasteiger partial charge in [0.25, 0.3) is 0 Å². The van der Waals surface area contributed by atoms with Crippen LogP contribution in [0.15, 0.2) is 40.1 Å². The summed E-state index contributed by atoms with van der Waals surface area (Å²) in [5, 5.41) is 22.2. The number of sulfonamides is 2. The molecule has 2 aromatic heterocycles. The van der Waals surface area contributed by atoms with Gasteiger partial charge in [0.15, 0.2) is 11.8 Å². The number of primary sulfonamides is 1. The molecule has 5 rings (SSSR count). The topological polar surface area (TPSA) is 228 Å². The van der Waals surface area contributed by atoms with E-state index in [4.69, 9.17) is 10.9 Å². The van der Waals surface area contributed by atoms with Crippen molar-refractivity contribution in [2.45, 2.75) is 28.7 Å². The van der Waals surface area contributed by atoms with E-state index in [2.05, 4.69) is 40.6 Å². The number of rotatable bonds is 6. The van der Waals surface area contributed by atoms with Crippen LogP contribution in [0.2, 0.25) is 0 Å². The van der Waals surface area contributed by atoms with Gasteiger partial charge in [-0.1, -0.05) is 18.2 Å². The number of hydrogen-bond acceptors (Lipinski definition) is 10. The molecule has 3 heterocycles. The third kappa shape index (κ3) is 4.37. The SMILES string of the molecule is Nc1nc2c(-c3ccc(S(=O)(=O)N[C@@H]4CCCNC4)c(S(N)(=O)=O)c3-c3nnn[nH]3)cccc2[nH]1. The molecule has 1 fully saturated rings. The normalized spacial score (nSPS) is 17.1. The van der Waals surface area contributed by atoms with Gasteiger partial charge in [-0.2, -0.15) is 0 Å². The van der Waals surface area contributed by atoms with Crippen LogP contribution in [0.25, 0.3) is 33.5 Å². The molecule has 0 unspecified atom stereocenters. The first-order valence-corrected chi connectivity index (χ1v) is 13.6. The Labute approximate surface area is 200 Å². The Morgan fingerprint density at radius 1 is 1.09 bits per heavy atom. The number of piperidine rings is 1. The predicted octanol–water partition coefficient (Wildman–Crippen LogP) is -0.330. The fourth-order valence-corrected chi connectivity index (χ4v) is 7.16. The number of hydrogen-bond donors (Lipinski definition) is 6. The molecule has 35 heavy (non-hydrogen) atoms. The van der Waals surface area contributed by atoms with Crippen molar-refractivity contribution in [2.75, 3.05) is 18.8 Å². The van der Waals surface area contributed by atoms with Gasteiger partial charge < -0.3 is 16.0 Å². The maximum Gasteiger partial charge on any atom is 0.242 e. The monoisotopic (exact) mass is 518 g/mol. The lowest BCUT2D eigenvalue weighted by molar-refractivity contribution is 0.428. The highest BCUT2D eigenvalue weighted by Gasteiger charge is 2.33. The van der Waals surface area contributed by atoms with Crippen molar-refractivity contribution in [3.8, 4) is 22.5 Å². The second-order valence-corrected chi connectivity index (χ2v) is 11.3. The minimum Gasteiger partial charge on any atom is -0.369 e. The van der Waals surface area contributed by atoms with Gasteiger partial charge in [0.1, 0.15) is 9.79 Å². The maximum atomic E-state index is 13.4. The predicted molar refractivity (Wildman–Crippen MR) is 127 cm³/mol. The Morgan fingerprint density at radius 2 is 1.91 bits per heavy atom. The molecule has 1 saturated heterocycles. The van der Waals surface area contributed by atoms with Gasteiger partial charge in [0.2, 0.25) is 20.0 Å². The number of nitrogens with two attached hydrogens (primary N) is 2. The number of nitrogen functional groups attached to an aromatic ring is 1. The zero-order valence-electron chi connectivity index (χ0n) is 18.2. The fraction of sp³-hybridized carbons (Fsp3) is 0.263. The van der Waals surface area contributed by atoms with Crippen LogP contribution in [0.3, 0.4) is 0 Å². The highest BCUT2D eigenvalue weighted by molar-refractivity contribution is 7.92. The molecule has 0 aliphatic carbocycles. The molecule has 0 radical (unpaired) electrons. The van der Waals surface area contributed by atoms with Crippen LogP contribution in [0, 0.1) is 0 Å². The van der Waals surface area contributed by atoms with Gasteiger partial charge in [-0.05, 0) is 47.5 Å². The second-order valence-electron chi connectivity index (χ2n) is 8.10. The smallest absolute Gasteiger partial charge is 0.242 e. The molecule has 2 aromatic carbocycles. The molecule has 1 atom stereocenters. The van der Waals surface area contributed by atoms with Gasteiger partial charge in [-0.3, -0.25) is 0 Å². The molecule has 14 nitrogen and oxygen atoms in total. The molecule has 0 amide bonds. The zero-order valence-corrected chi connectivity index (χ0v) is 19.8. The van der Waals surface area contributed by atoms with E-state index in [1.165, 1.54) is 12.1 Å². The first kappa shape index (κ1) is 23.3. The van der Waals surface area contributed by atoms with Crippen molar-refractivity contribution in [3.63, 3.8) is 0 Å². The van der Waals surface area contributed by atoms with E-state index in [1.807, 2.05) is 0 Å². The molecule has 16 heteroatoms. The number of imidazole rings is 1. The standard InChI is InChI=1S/C19H22N10O4S2/c20-19-23-13-5-1-4-12(16(13)24-19)11-6-7-14(35(32,33)27-10-3-2-8-22-9-10)17(34(21,30)31)15(11)18-25-28-29-26-18/h1,4-7,10,22,27H,2-3,8-9H2,(H3,20,23,24)(H2,21,30,31)(H,25,26,28,29)/t10-/m1/s1. The Morgan fingerprint density at radius 3 is 2.60 bits per heavy atom. The van der Waals surface area contributed by atoms with Crippen molar-refractivity contribution in [1.82, 2.24) is 40.6 Å². The van der Waals surface area contributed by atoms with Gasteiger partial charge in [0.05, 0.1) is 16.6 Å². The first-order chi connectivity index (χ1) is 16.6. The summed E-state index contributed by atoms with van der Waals surface area (Å²) >= 11 is 0. The van der Waals surface area contributed by atoms with Crippen LogP contribution in [0.1, 0.15) is 12.8 Å². The highest BCUT2D eigenvalue weighted by Crippen LogP contribution is 2.40.